The molecule has 0 aliphatic carbocycles. The van der Waals surface area contributed by atoms with E-state index in [-0.39, 0.29) is 12.1 Å². The van der Waals surface area contributed by atoms with E-state index < -0.39 is 5.97 Å². The highest BCUT2D eigenvalue weighted by molar-refractivity contribution is 6.34. The number of hydrogen-bond donors (Lipinski definition) is 1. The van der Waals surface area contributed by atoms with Gasteiger partial charge in [-0.05, 0) is 44.5 Å². The van der Waals surface area contributed by atoms with Gasteiger partial charge in [0.15, 0.2) is 0 Å². The molecule has 1 aromatic carbocycles. The van der Waals surface area contributed by atoms with Crippen molar-refractivity contribution in [1.29, 1.82) is 0 Å². The third kappa shape index (κ3) is 4.84. The summed E-state index contributed by atoms with van der Waals surface area (Å²) in [7, 11) is 0. The zero-order chi connectivity index (χ0) is 13.9. The smallest absolute Gasteiger partial charge is 0.317 e. The lowest BCUT2D eigenvalue weighted by Crippen LogP contribution is -2.43. The van der Waals surface area contributed by atoms with E-state index in [2.05, 4.69) is 0 Å². The van der Waals surface area contributed by atoms with Crippen LogP contribution < -0.4 is 0 Å². The molecule has 18 heavy (non-hydrogen) atoms. The van der Waals surface area contributed by atoms with Crippen molar-refractivity contribution in [2.75, 3.05) is 6.54 Å². The molecule has 0 amide bonds. The molecule has 1 aromatic rings. The maximum Gasteiger partial charge on any atom is 0.317 e. The molecule has 0 bridgehead atoms. The van der Waals surface area contributed by atoms with Crippen LogP contribution in [0.5, 0.6) is 0 Å². The maximum absolute atomic E-state index is 10.9. The number of carboxylic acids is 1. The fourth-order valence-corrected chi connectivity index (χ4v) is 2.19. The largest absolute Gasteiger partial charge is 0.480 e. The number of rotatable bonds is 4. The van der Waals surface area contributed by atoms with Crippen LogP contribution in [0.15, 0.2) is 18.2 Å². The number of aliphatic carboxylic acids is 1. The van der Waals surface area contributed by atoms with Crippen LogP contribution in [0.2, 0.25) is 10.0 Å². The van der Waals surface area contributed by atoms with Gasteiger partial charge in [0.2, 0.25) is 0 Å². The average molecular weight is 290 g/mol. The minimum Gasteiger partial charge on any atom is -0.480 e. The SMILES string of the molecule is CC(C)(C)N(CC(=O)O)Cc1cc(Cl)cc(Cl)c1. The van der Waals surface area contributed by atoms with Crippen LogP contribution in [-0.2, 0) is 11.3 Å². The molecule has 0 saturated carbocycles. The van der Waals surface area contributed by atoms with Crippen molar-refractivity contribution in [2.45, 2.75) is 32.9 Å². The summed E-state index contributed by atoms with van der Waals surface area (Å²) in [6, 6.07) is 5.26. The molecule has 0 fully saturated rings. The number of carboxylic acid groups (broad SMARTS) is 1. The molecule has 0 aliphatic rings. The van der Waals surface area contributed by atoms with E-state index in [1.807, 2.05) is 25.7 Å². The molecule has 0 atom stereocenters. The third-order valence-corrected chi connectivity index (χ3v) is 3.01. The summed E-state index contributed by atoms with van der Waals surface area (Å²) in [5, 5.41) is 10.1. The first-order chi connectivity index (χ1) is 8.18. The molecule has 3 nitrogen and oxygen atoms in total. The highest BCUT2D eigenvalue weighted by Crippen LogP contribution is 2.23. The Kier molecular flexibility index (Phi) is 5.02. The van der Waals surface area contributed by atoms with Crippen molar-refractivity contribution in [2.24, 2.45) is 0 Å². The third-order valence-electron chi connectivity index (χ3n) is 2.57. The maximum atomic E-state index is 10.9. The Labute approximate surface area is 117 Å². The number of carbonyl (C=O) groups is 1. The van der Waals surface area contributed by atoms with Gasteiger partial charge >= 0.3 is 5.97 Å². The Hall–Kier alpha value is -0.770. The Balaban J connectivity index is 2.92. The zero-order valence-corrected chi connectivity index (χ0v) is 12.2. The van der Waals surface area contributed by atoms with Crippen molar-refractivity contribution in [3.8, 4) is 0 Å². The lowest BCUT2D eigenvalue weighted by atomic mass is 10.0. The highest BCUT2D eigenvalue weighted by Gasteiger charge is 2.23. The van der Waals surface area contributed by atoms with Crippen molar-refractivity contribution in [3.05, 3.63) is 33.8 Å². The minimum atomic E-state index is -0.849. The molecule has 0 radical (unpaired) electrons. The Morgan fingerprint density at radius 1 is 1.22 bits per heavy atom. The molecule has 0 saturated heterocycles. The van der Waals surface area contributed by atoms with Crippen molar-refractivity contribution in [1.82, 2.24) is 4.90 Å². The normalized spacial score (nSPS) is 11.9. The molecule has 0 unspecified atom stereocenters. The average Bonchev–Trinajstić information content (AvgIpc) is 2.12. The van der Waals surface area contributed by atoms with Crippen LogP contribution in [-0.4, -0.2) is 28.1 Å². The van der Waals surface area contributed by atoms with Gasteiger partial charge in [-0.25, -0.2) is 0 Å². The summed E-state index contributed by atoms with van der Waals surface area (Å²) in [5.74, 6) is -0.849. The molecular weight excluding hydrogens is 273 g/mol. The molecule has 0 aromatic heterocycles. The van der Waals surface area contributed by atoms with Crippen LogP contribution in [0, 0.1) is 0 Å². The molecule has 100 valence electrons. The van der Waals surface area contributed by atoms with Crippen LogP contribution in [0.3, 0.4) is 0 Å². The molecule has 5 heteroatoms. The van der Waals surface area contributed by atoms with Crippen LogP contribution >= 0.6 is 23.2 Å². The highest BCUT2D eigenvalue weighted by atomic mass is 35.5. The first kappa shape index (κ1) is 15.3. The van der Waals surface area contributed by atoms with Crippen molar-refractivity contribution < 1.29 is 9.90 Å². The van der Waals surface area contributed by atoms with Gasteiger partial charge in [0, 0.05) is 22.1 Å². The zero-order valence-electron chi connectivity index (χ0n) is 10.7. The first-order valence-corrected chi connectivity index (χ1v) is 6.36. The van der Waals surface area contributed by atoms with E-state index in [9.17, 15) is 4.79 Å². The van der Waals surface area contributed by atoms with Gasteiger partial charge < -0.3 is 5.11 Å². The summed E-state index contributed by atoms with van der Waals surface area (Å²) in [5.41, 5.74) is 0.663. The predicted molar refractivity (Wildman–Crippen MR) is 74.3 cm³/mol. The van der Waals surface area contributed by atoms with Gasteiger partial charge in [-0.1, -0.05) is 23.2 Å². The molecule has 1 rings (SSSR count). The molecule has 0 spiro atoms. The number of halogens is 2. The van der Waals surface area contributed by atoms with E-state index in [0.717, 1.165) is 5.56 Å². The first-order valence-electron chi connectivity index (χ1n) is 5.60. The lowest BCUT2D eigenvalue weighted by molar-refractivity contribution is -0.139. The molecular formula is C13H17Cl2NO2. The van der Waals surface area contributed by atoms with Gasteiger partial charge in [-0.3, -0.25) is 9.69 Å². The summed E-state index contributed by atoms with van der Waals surface area (Å²) < 4.78 is 0. The van der Waals surface area contributed by atoms with E-state index in [4.69, 9.17) is 28.3 Å². The Bertz CT molecular complexity index is 421. The van der Waals surface area contributed by atoms with Gasteiger partial charge in [-0.2, -0.15) is 0 Å². The van der Waals surface area contributed by atoms with E-state index in [0.29, 0.717) is 16.6 Å². The van der Waals surface area contributed by atoms with Crippen LogP contribution in [0.4, 0.5) is 0 Å². The topological polar surface area (TPSA) is 40.5 Å². The summed E-state index contributed by atoms with van der Waals surface area (Å²) in [4.78, 5) is 12.7. The van der Waals surface area contributed by atoms with Gasteiger partial charge in [0.1, 0.15) is 0 Å². The second-order valence-electron chi connectivity index (χ2n) is 5.20. The monoisotopic (exact) mass is 289 g/mol. The number of nitrogens with zero attached hydrogens (tertiary/aromatic N) is 1. The summed E-state index contributed by atoms with van der Waals surface area (Å²) >= 11 is 11.9. The fourth-order valence-electron chi connectivity index (χ4n) is 1.62. The molecule has 0 heterocycles. The quantitative estimate of drug-likeness (QED) is 0.919. The second-order valence-corrected chi connectivity index (χ2v) is 6.07. The van der Waals surface area contributed by atoms with Gasteiger partial charge in [-0.15, -0.1) is 0 Å². The van der Waals surface area contributed by atoms with Crippen molar-refractivity contribution >= 4 is 29.2 Å². The Morgan fingerprint density at radius 2 is 1.72 bits per heavy atom. The van der Waals surface area contributed by atoms with Crippen LogP contribution in [0.25, 0.3) is 0 Å². The molecule has 0 aliphatic heterocycles. The summed E-state index contributed by atoms with van der Waals surface area (Å²) in [6.07, 6.45) is 0. The van der Waals surface area contributed by atoms with Gasteiger partial charge in [0.25, 0.3) is 0 Å². The second kappa shape index (κ2) is 5.91. The summed E-state index contributed by atoms with van der Waals surface area (Å²) in [6.45, 7) is 6.40. The predicted octanol–water partition coefficient (Wildman–Crippen LogP) is 3.68. The fraction of sp³-hybridized carbons (Fsp3) is 0.462. The number of benzene rings is 1. The van der Waals surface area contributed by atoms with Gasteiger partial charge in [0.05, 0.1) is 6.54 Å². The number of hydrogen-bond acceptors (Lipinski definition) is 2. The Morgan fingerprint density at radius 3 is 2.11 bits per heavy atom. The lowest BCUT2D eigenvalue weighted by Gasteiger charge is -2.34. The van der Waals surface area contributed by atoms with Crippen LogP contribution in [0.1, 0.15) is 26.3 Å². The molecule has 1 N–H and O–H groups in total. The minimum absolute atomic E-state index is 0.0202. The van der Waals surface area contributed by atoms with E-state index in [1.54, 1.807) is 18.2 Å². The van der Waals surface area contributed by atoms with E-state index >= 15 is 0 Å². The van der Waals surface area contributed by atoms with E-state index in [1.165, 1.54) is 0 Å². The standard InChI is InChI=1S/C13H17Cl2NO2/c1-13(2,3)16(8-12(17)18)7-9-4-10(14)6-11(15)5-9/h4-6H,7-8H2,1-3H3,(H,17,18). The van der Waals surface area contributed by atoms with Crippen molar-refractivity contribution in [3.63, 3.8) is 0 Å².